The van der Waals surface area contributed by atoms with Gasteiger partial charge in [-0.05, 0) is 19.1 Å². The molecular formula is C15H21N3O2. The van der Waals surface area contributed by atoms with Crippen molar-refractivity contribution in [2.24, 2.45) is 0 Å². The summed E-state index contributed by atoms with van der Waals surface area (Å²) in [7, 11) is 1.68. The number of hydrogen-bond acceptors (Lipinski definition) is 4. The molecule has 1 aromatic heterocycles. The highest BCUT2D eigenvalue weighted by Gasteiger charge is 2.12. The van der Waals surface area contributed by atoms with E-state index in [1.807, 2.05) is 12.1 Å². The van der Waals surface area contributed by atoms with Gasteiger partial charge in [0.2, 0.25) is 0 Å². The van der Waals surface area contributed by atoms with E-state index in [9.17, 15) is 0 Å². The summed E-state index contributed by atoms with van der Waals surface area (Å²) in [4.78, 5) is 7.07. The number of nitrogens with zero attached hydrogens (tertiary/aromatic N) is 3. The van der Waals surface area contributed by atoms with Crippen LogP contribution < -0.4 is 4.74 Å². The van der Waals surface area contributed by atoms with E-state index in [0.29, 0.717) is 0 Å². The molecule has 108 valence electrons. The fourth-order valence-electron chi connectivity index (χ4n) is 2.71. The van der Waals surface area contributed by atoms with E-state index >= 15 is 0 Å². The Morgan fingerprint density at radius 1 is 1.25 bits per heavy atom. The minimum Gasteiger partial charge on any atom is -0.497 e. The van der Waals surface area contributed by atoms with Crippen molar-refractivity contribution in [1.82, 2.24) is 14.5 Å². The number of rotatable bonds is 4. The van der Waals surface area contributed by atoms with Crippen LogP contribution in [0.4, 0.5) is 0 Å². The van der Waals surface area contributed by atoms with Gasteiger partial charge in [0.1, 0.15) is 11.6 Å². The first kappa shape index (κ1) is 13.4. The van der Waals surface area contributed by atoms with Gasteiger partial charge in [0.25, 0.3) is 0 Å². The van der Waals surface area contributed by atoms with Crippen molar-refractivity contribution in [3.63, 3.8) is 0 Å². The second-order valence-corrected chi connectivity index (χ2v) is 5.12. The number of imidazole rings is 1. The molecule has 0 unspecified atom stereocenters. The van der Waals surface area contributed by atoms with Gasteiger partial charge in [-0.25, -0.2) is 4.98 Å². The fourth-order valence-corrected chi connectivity index (χ4v) is 2.71. The van der Waals surface area contributed by atoms with Crippen LogP contribution in [0.5, 0.6) is 5.75 Å². The van der Waals surface area contributed by atoms with Crippen molar-refractivity contribution in [1.29, 1.82) is 0 Å². The van der Waals surface area contributed by atoms with E-state index in [1.165, 1.54) is 5.52 Å². The molecule has 1 aromatic carbocycles. The summed E-state index contributed by atoms with van der Waals surface area (Å²) >= 11 is 0. The fraction of sp³-hybridized carbons (Fsp3) is 0.533. The number of methoxy groups -OCH3 is 1. The Morgan fingerprint density at radius 2 is 2.05 bits per heavy atom. The van der Waals surface area contributed by atoms with Crippen molar-refractivity contribution in [3.8, 4) is 5.75 Å². The highest BCUT2D eigenvalue weighted by molar-refractivity contribution is 5.77. The van der Waals surface area contributed by atoms with Gasteiger partial charge >= 0.3 is 0 Å². The summed E-state index contributed by atoms with van der Waals surface area (Å²) in [5.41, 5.74) is 2.18. The Hall–Kier alpha value is -1.59. The predicted molar refractivity (Wildman–Crippen MR) is 78.3 cm³/mol. The van der Waals surface area contributed by atoms with Crippen LogP contribution in [0.15, 0.2) is 18.2 Å². The van der Waals surface area contributed by atoms with Crippen LogP contribution in [0, 0.1) is 6.92 Å². The molecule has 3 rings (SSSR count). The molecule has 0 atom stereocenters. The van der Waals surface area contributed by atoms with Gasteiger partial charge in [0, 0.05) is 32.2 Å². The highest BCUT2D eigenvalue weighted by atomic mass is 16.5. The Kier molecular flexibility index (Phi) is 3.89. The first-order valence-corrected chi connectivity index (χ1v) is 7.09. The molecule has 20 heavy (non-hydrogen) atoms. The third-order valence-corrected chi connectivity index (χ3v) is 3.89. The molecule has 1 aliphatic heterocycles. The largest absolute Gasteiger partial charge is 0.497 e. The number of aromatic nitrogens is 2. The molecule has 0 bridgehead atoms. The van der Waals surface area contributed by atoms with Crippen LogP contribution in [0.25, 0.3) is 11.0 Å². The molecule has 2 aromatic rings. The van der Waals surface area contributed by atoms with Crippen molar-refractivity contribution in [2.45, 2.75) is 13.5 Å². The molecule has 1 fully saturated rings. The van der Waals surface area contributed by atoms with Gasteiger partial charge in [0.15, 0.2) is 0 Å². The molecule has 0 aliphatic carbocycles. The second-order valence-electron chi connectivity index (χ2n) is 5.12. The van der Waals surface area contributed by atoms with E-state index in [1.54, 1.807) is 7.11 Å². The topological polar surface area (TPSA) is 39.5 Å². The molecule has 0 amide bonds. The summed E-state index contributed by atoms with van der Waals surface area (Å²) < 4.78 is 12.9. The number of morpholine rings is 1. The van der Waals surface area contributed by atoms with Crippen molar-refractivity contribution in [2.75, 3.05) is 40.0 Å². The van der Waals surface area contributed by atoms with E-state index in [4.69, 9.17) is 9.47 Å². The van der Waals surface area contributed by atoms with Gasteiger partial charge < -0.3 is 14.0 Å². The van der Waals surface area contributed by atoms with Crippen molar-refractivity contribution in [3.05, 3.63) is 24.0 Å². The number of aryl methyl sites for hydroxylation is 1. The maximum atomic E-state index is 5.38. The zero-order chi connectivity index (χ0) is 13.9. The van der Waals surface area contributed by atoms with Gasteiger partial charge in [-0.2, -0.15) is 0 Å². The van der Waals surface area contributed by atoms with Crippen LogP contribution in [-0.4, -0.2) is 54.4 Å². The van der Waals surface area contributed by atoms with Crippen molar-refractivity contribution < 1.29 is 9.47 Å². The highest BCUT2D eigenvalue weighted by Crippen LogP contribution is 2.21. The van der Waals surface area contributed by atoms with Gasteiger partial charge in [-0.3, -0.25) is 4.90 Å². The molecule has 1 aliphatic rings. The quantitative estimate of drug-likeness (QED) is 0.851. The van der Waals surface area contributed by atoms with Crippen LogP contribution >= 0.6 is 0 Å². The molecule has 5 heteroatoms. The summed E-state index contributed by atoms with van der Waals surface area (Å²) in [5.74, 6) is 1.91. The van der Waals surface area contributed by atoms with Crippen LogP contribution in [0.3, 0.4) is 0 Å². The normalized spacial score (nSPS) is 16.7. The smallest absolute Gasteiger partial charge is 0.121 e. The Balaban J connectivity index is 1.78. The standard InChI is InChI=1S/C15H21N3O2/c1-12-16-14-11-13(19-2)3-4-15(14)18(12)6-5-17-7-9-20-10-8-17/h3-4,11H,5-10H2,1-2H3. The number of benzene rings is 1. The zero-order valence-electron chi connectivity index (χ0n) is 12.1. The Morgan fingerprint density at radius 3 is 2.80 bits per heavy atom. The minimum atomic E-state index is 0.848. The van der Waals surface area contributed by atoms with Gasteiger partial charge in [0.05, 0.1) is 31.4 Å². The lowest BCUT2D eigenvalue weighted by Crippen LogP contribution is -2.38. The molecule has 2 heterocycles. The molecule has 0 saturated carbocycles. The molecular weight excluding hydrogens is 254 g/mol. The maximum Gasteiger partial charge on any atom is 0.121 e. The summed E-state index contributed by atoms with van der Waals surface area (Å²) in [6, 6.07) is 6.08. The maximum absolute atomic E-state index is 5.38. The summed E-state index contributed by atoms with van der Waals surface area (Å²) in [5, 5.41) is 0. The third-order valence-electron chi connectivity index (χ3n) is 3.89. The van der Waals surface area contributed by atoms with E-state index in [-0.39, 0.29) is 0 Å². The monoisotopic (exact) mass is 275 g/mol. The predicted octanol–water partition coefficient (Wildman–Crippen LogP) is 1.69. The molecule has 0 radical (unpaired) electrons. The van der Waals surface area contributed by atoms with Crippen molar-refractivity contribution >= 4 is 11.0 Å². The van der Waals surface area contributed by atoms with Crippen LogP contribution in [0.1, 0.15) is 5.82 Å². The lowest BCUT2D eigenvalue weighted by molar-refractivity contribution is 0.0364. The first-order chi connectivity index (χ1) is 9.78. The Labute approximate surface area is 119 Å². The lowest BCUT2D eigenvalue weighted by Gasteiger charge is -2.26. The first-order valence-electron chi connectivity index (χ1n) is 7.09. The van der Waals surface area contributed by atoms with E-state index in [0.717, 1.165) is 56.5 Å². The Bertz CT molecular complexity index is 588. The van der Waals surface area contributed by atoms with Crippen LogP contribution in [0.2, 0.25) is 0 Å². The third kappa shape index (κ3) is 2.64. The van der Waals surface area contributed by atoms with Gasteiger partial charge in [-0.1, -0.05) is 0 Å². The lowest BCUT2D eigenvalue weighted by atomic mass is 10.3. The van der Waals surface area contributed by atoms with Gasteiger partial charge in [-0.15, -0.1) is 0 Å². The molecule has 0 N–H and O–H groups in total. The summed E-state index contributed by atoms with van der Waals surface area (Å²) in [6.07, 6.45) is 0. The van der Waals surface area contributed by atoms with E-state index < -0.39 is 0 Å². The van der Waals surface area contributed by atoms with E-state index in [2.05, 4.69) is 27.4 Å². The number of hydrogen-bond donors (Lipinski definition) is 0. The molecule has 0 spiro atoms. The van der Waals surface area contributed by atoms with Crippen LogP contribution in [-0.2, 0) is 11.3 Å². The number of ether oxygens (including phenoxy) is 2. The average Bonchev–Trinajstić information content (AvgIpc) is 2.80. The minimum absolute atomic E-state index is 0.848. The molecule has 5 nitrogen and oxygen atoms in total. The average molecular weight is 275 g/mol. The second kappa shape index (κ2) is 5.81. The number of fused-ring (bicyclic) bond motifs is 1. The molecule has 1 saturated heterocycles. The SMILES string of the molecule is COc1ccc2c(c1)nc(C)n2CCN1CCOCC1. The zero-order valence-corrected chi connectivity index (χ0v) is 12.1. The summed E-state index contributed by atoms with van der Waals surface area (Å²) in [6.45, 7) is 7.82.